The quantitative estimate of drug-likeness (QED) is 0.927. The Bertz CT molecular complexity index is 690. The molecule has 0 saturated carbocycles. The van der Waals surface area contributed by atoms with Crippen molar-refractivity contribution in [1.82, 2.24) is 0 Å². The number of hydrogen-bond acceptors (Lipinski definition) is 2. The van der Waals surface area contributed by atoms with Crippen LogP contribution in [0.4, 0.5) is 0 Å². The number of rotatable bonds is 3. The first-order chi connectivity index (χ1) is 10.2. The van der Waals surface area contributed by atoms with Gasteiger partial charge in [0, 0.05) is 0 Å². The molecule has 0 bridgehead atoms. The fourth-order valence-corrected chi connectivity index (χ4v) is 3.66. The second-order valence-electron chi connectivity index (χ2n) is 5.72. The Morgan fingerprint density at radius 1 is 1.33 bits per heavy atom. The number of hydrogen-bond donors (Lipinski definition) is 1. The summed E-state index contributed by atoms with van der Waals surface area (Å²) in [4.78, 5) is 11.5. The van der Waals surface area contributed by atoms with E-state index in [9.17, 15) is 9.90 Å². The molecule has 1 aliphatic carbocycles. The number of carboxylic acids is 1. The van der Waals surface area contributed by atoms with Crippen LogP contribution in [0.5, 0.6) is 5.75 Å². The second kappa shape index (κ2) is 5.40. The van der Waals surface area contributed by atoms with E-state index < -0.39 is 5.97 Å². The molecule has 1 aliphatic rings. The lowest BCUT2D eigenvalue weighted by molar-refractivity contribution is -0.143. The van der Waals surface area contributed by atoms with Crippen molar-refractivity contribution in [3.8, 4) is 5.75 Å². The molecule has 0 amide bonds. The average molecular weight is 284 g/mol. The summed E-state index contributed by atoms with van der Waals surface area (Å²) in [5, 5.41) is 11.8. The van der Waals surface area contributed by atoms with Gasteiger partial charge in [-0.3, -0.25) is 4.79 Å². The molecule has 0 radical (unpaired) electrons. The minimum absolute atomic E-state index is 0.123. The van der Waals surface area contributed by atoms with Crippen molar-refractivity contribution in [3.63, 3.8) is 0 Å². The smallest absolute Gasteiger partial charge is 0.307 e. The average Bonchev–Trinajstić information content (AvgIpc) is 2.52. The van der Waals surface area contributed by atoms with Gasteiger partial charge < -0.3 is 9.84 Å². The lowest BCUT2D eigenvalue weighted by atomic mass is 9.72. The van der Waals surface area contributed by atoms with Gasteiger partial charge >= 0.3 is 5.97 Å². The van der Waals surface area contributed by atoms with Gasteiger partial charge in [0.05, 0.1) is 13.0 Å². The summed E-state index contributed by atoms with van der Waals surface area (Å²) in [6.07, 6.45) is 2.43. The lowest BCUT2D eigenvalue weighted by Crippen LogP contribution is -2.27. The van der Waals surface area contributed by atoms with Gasteiger partial charge in [0.1, 0.15) is 5.75 Å². The largest absolute Gasteiger partial charge is 0.497 e. The van der Waals surface area contributed by atoms with Crippen LogP contribution < -0.4 is 4.74 Å². The number of benzene rings is 2. The fourth-order valence-electron chi connectivity index (χ4n) is 3.66. The second-order valence-corrected chi connectivity index (χ2v) is 5.72. The van der Waals surface area contributed by atoms with Crippen molar-refractivity contribution < 1.29 is 14.6 Å². The van der Waals surface area contributed by atoms with Crippen molar-refractivity contribution >= 4 is 16.7 Å². The van der Waals surface area contributed by atoms with Crippen LogP contribution in [0.15, 0.2) is 30.3 Å². The van der Waals surface area contributed by atoms with E-state index in [1.807, 2.05) is 12.1 Å². The third kappa shape index (κ3) is 2.27. The molecule has 3 heteroatoms. The first-order valence-corrected chi connectivity index (χ1v) is 7.48. The third-order valence-corrected chi connectivity index (χ3v) is 4.72. The van der Waals surface area contributed by atoms with Crippen LogP contribution in [0.1, 0.15) is 36.8 Å². The summed E-state index contributed by atoms with van der Waals surface area (Å²) in [6.45, 7) is 2.08. The summed E-state index contributed by atoms with van der Waals surface area (Å²) in [5.41, 5.74) is 2.54. The van der Waals surface area contributed by atoms with E-state index in [4.69, 9.17) is 4.74 Å². The standard InChI is InChI=1S/C18H20O3/c1-3-13-15-6-4-11-10-12(21-2)5-7-14(11)16(15)8-9-17(13)18(19)20/h4-7,10,13,17H,3,8-9H2,1-2H3,(H,19,20). The highest BCUT2D eigenvalue weighted by molar-refractivity contribution is 5.89. The summed E-state index contributed by atoms with van der Waals surface area (Å²) < 4.78 is 5.28. The molecule has 2 aromatic carbocycles. The SMILES string of the molecule is CCC1c2ccc3cc(OC)ccc3c2CCC1C(=O)O. The predicted molar refractivity (Wildman–Crippen MR) is 83.0 cm³/mol. The molecule has 0 fully saturated rings. The number of carbonyl (C=O) groups is 1. The normalized spacial score (nSPS) is 21.0. The zero-order chi connectivity index (χ0) is 15.0. The Morgan fingerprint density at radius 3 is 2.81 bits per heavy atom. The molecule has 3 rings (SSSR count). The van der Waals surface area contributed by atoms with Gasteiger partial charge in [-0.25, -0.2) is 0 Å². The van der Waals surface area contributed by atoms with Gasteiger partial charge in [-0.2, -0.15) is 0 Å². The number of ether oxygens (including phenoxy) is 1. The van der Waals surface area contributed by atoms with Gasteiger partial charge in [-0.1, -0.05) is 25.1 Å². The molecule has 2 aromatic rings. The summed E-state index contributed by atoms with van der Waals surface area (Å²) in [7, 11) is 1.67. The van der Waals surface area contributed by atoms with Crippen molar-refractivity contribution in [2.24, 2.45) is 5.92 Å². The highest BCUT2D eigenvalue weighted by Gasteiger charge is 2.33. The Balaban J connectivity index is 2.14. The Labute approximate surface area is 124 Å². The molecule has 0 saturated heterocycles. The highest BCUT2D eigenvalue weighted by Crippen LogP contribution is 2.41. The van der Waals surface area contributed by atoms with E-state index in [2.05, 4.69) is 25.1 Å². The number of aryl methyl sites for hydroxylation is 1. The molecule has 0 heterocycles. The molecule has 0 spiro atoms. The zero-order valence-electron chi connectivity index (χ0n) is 12.4. The van der Waals surface area contributed by atoms with Gasteiger partial charge in [-0.05, 0) is 59.2 Å². The molecule has 3 nitrogen and oxygen atoms in total. The topological polar surface area (TPSA) is 46.5 Å². The Morgan fingerprint density at radius 2 is 2.14 bits per heavy atom. The molecule has 0 aliphatic heterocycles. The Hall–Kier alpha value is -2.03. The van der Waals surface area contributed by atoms with Crippen LogP contribution in [-0.2, 0) is 11.2 Å². The molecule has 110 valence electrons. The lowest BCUT2D eigenvalue weighted by Gasteiger charge is -2.31. The van der Waals surface area contributed by atoms with E-state index >= 15 is 0 Å². The first kappa shape index (κ1) is 13.9. The van der Waals surface area contributed by atoms with Crippen LogP contribution in [-0.4, -0.2) is 18.2 Å². The fraction of sp³-hybridized carbons (Fsp3) is 0.389. The Kier molecular flexibility index (Phi) is 3.58. The maximum atomic E-state index is 11.5. The molecular formula is C18H20O3. The van der Waals surface area contributed by atoms with Gasteiger partial charge in [-0.15, -0.1) is 0 Å². The maximum absolute atomic E-state index is 11.5. The van der Waals surface area contributed by atoms with Crippen molar-refractivity contribution in [1.29, 1.82) is 0 Å². The van der Waals surface area contributed by atoms with Gasteiger partial charge in [0.15, 0.2) is 0 Å². The third-order valence-electron chi connectivity index (χ3n) is 4.72. The monoisotopic (exact) mass is 284 g/mol. The number of carboxylic acid groups (broad SMARTS) is 1. The van der Waals surface area contributed by atoms with Gasteiger partial charge in [0.2, 0.25) is 0 Å². The van der Waals surface area contributed by atoms with E-state index in [0.29, 0.717) is 0 Å². The summed E-state index contributed by atoms with van der Waals surface area (Å²) in [5.74, 6) is 0.0620. The van der Waals surface area contributed by atoms with Crippen LogP contribution in [0, 0.1) is 5.92 Å². The van der Waals surface area contributed by atoms with Crippen LogP contribution in [0.3, 0.4) is 0 Å². The number of aliphatic carboxylic acids is 1. The molecule has 2 unspecified atom stereocenters. The number of fused-ring (bicyclic) bond motifs is 3. The molecule has 21 heavy (non-hydrogen) atoms. The van der Waals surface area contributed by atoms with Crippen molar-refractivity contribution in [3.05, 3.63) is 41.5 Å². The van der Waals surface area contributed by atoms with Crippen molar-refractivity contribution in [2.45, 2.75) is 32.1 Å². The molecule has 1 N–H and O–H groups in total. The van der Waals surface area contributed by atoms with Crippen molar-refractivity contribution in [2.75, 3.05) is 7.11 Å². The van der Waals surface area contributed by atoms with E-state index in [-0.39, 0.29) is 11.8 Å². The number of methoxy groups -OCH3 is 1. The molecular weight excluding hydrogens is 264 g/mol. The predicted octanol–water partition coefficient (Wildman–Crippen LogP) is 3.99. The van der Waals surface area contributed by atoms with Crippen LogP contribution in [0.25, 0.3) is 10.8 Å². The highest BCUT2D eigenvalue weighted by atomic mass is 16.5. The molecule has 0 aromatic heterocycles. The molecule has 2 atom stereocenters. The van der Waals surface area contributed by atoms with Crippen LogP contribution in [0.2, 0.25) is 0 Å². The minimum atomic E-state index is -0.665. The van der Waals surface area contributed by atoms with Gasteiger partial charge in [0.25, 0.3) is 0 Å². The first-order valence-electron chi connectivity index (χ1n) is 7.48. The van der Waals surface area contributed by atoms with E-state index in [0.717, 1.165) is 30.4 Å². The summed E-state index contributed by atoms with van der Waals surface area (Å²) in [6, 6.07) is 10.3. The van der Waals surface area contributed by atoms with Crippen LogP contribution >= 0.6 is 0 Å². The minimum Gasteiger partial charge on any atom is -0.497 e. The zero-order valence-corrected chi connectivity index (χ0v) is 12.4. The van der Waals surface area contributed by atoms with E-state index in [1.165, 1.54) is 16.5 Å². The summed E-state index contributed by atoms with van der Waals surface area (Å²) >= 11 is 0. The maximum Gasteiger partial charge on any atom is 0.307 e. The van der Waals surface area contributed by atoms with E-state index in [1.54, 1.807) is 7.11 Å².